The summed E-state index contributed by atoms with van der Waals surface area (Å²) in [5.41, 5.74) is 5.77. The van der Waals surface area contributed by atoms with Crippen molar-refractivity contribution in [2.75, 3.05) is 13.2 Å². The summed E-state index contributed by atoms with van der Waals surface area (Å²) in [6.07, 6.45) is -0.182. The number of carbonyl (C=O) groups excluding carboxylic acids is 1. The smallest absolute Gasteiger partial charge is 0.237 e. The van der Waals surface area contributed by atoms with E-state index in [0.29, 0.717) is 18.9 Å². The van der Waals surface area contributed by atoms with Crippen LogP contribution in [0, 0.1) is 5.92 Å². The predicted molar refractivity (Wildman–Crippen MR) is 79.4 cm³/mol. The van der Waals surface area contributed by atoms with Gasteiger partial charge < -0.3 is 20.5 Å². The molecule has 112 valence electrons. The van der Waals surface area contributed by atoms with Crippen molar-refractivity contribution in [1.29, 1.82) is 0 Å². The Bertz CT molecular complexity index is 454. The second kappa shape index (κ2) is 7.36. The van der Waals surface area contributed by atoms with Gasteiger partial charge in [0, 0.05) is 0 Å². The molecule has 20 heavy (non-hydrogen) atoms. The van der Waals surface area contributed by atoms with E-state index in [2.05, 4.69) is 5.32 Å². The van der Waals surface area contributed by atoms with Crippen LogP contribution in [0.5, 0.6) is 11.5 Å². The zero-order chi connectivity index (χ0) is 13.8. The SMILES string of the molecule is CC(C)[C@@H](N)C(=O)NCC1COc2ccccc2O1.Cl. The Morgan fingerprint density at radius 2 is 2.05 bits per heavy atom. The van der Waals surface area contributed by atoms with Gasteiger partial charge in [-0.2, -0.15) is 0 Å². The number of ether oxygens (including phenoxy) is 2. The van der Waals surface area contributed by atoms with Gasteiger partial charge in [0.15, 0.2) is 11.5 Å². The summed E-state index contributed by atoms with van der Waals surface area (Å²) >= 11 is 0. The molecule has 1 aliphatic rings. The summed E-state index contributed by atoms with van der Waals surface area (Å²) < 4.78 is 11.3. The average molecular weight is 301 g/mol. The van der Waals surface area contributed by atoms with Crippen molar-refractivity contribution in [2.24, 2.45) is 11.7 Å². The molecule has 6 heteroatoms. The number of hydrogen-bond donors (Lipinski definition) is 2. The van der Waals surface area contributed by atoms with Crippen molar-refractivity contribution in [3.8, 4) is 11.5 Å². The van der Waals surface area contributed by atoms with E-state index >= 15 is 0 Å². The fourth-order valence-electron chi connectivity index (χ4n) is 1.80. The molecule has 0 spiro atoms. The highest BCUT2D eigenvalue weighted by molar-refractivity contribution is 5.85. The molecule has 0 aliphatic carbocycles. The van der Waals surface area contributed by atoms with Gasteiger partial charge in [0.25, 0.3) is 0 Å². The van der Waals surface area contributed by atoms with Gasteiger partial charge in [0.05, 0.1) is 12.6 Å². The summed E-state index contributed by atoms with van der Waals surface area (Å²) in [7, 11) is 0. The number of carbonyl (C=O) groups is 1. The zero-order valence-electron chi connectivity index (χ0n) is 11.7. The normalized spacial score (nSPS) is 18.1. The van der Waals surface area contributed by atoms with E-state index in [1.807, 2.05) is 38.1 Å². The fraction of sp³-hybridized carbons (Fsp3) is 0.500. The Labute approximate surface area is 125 Å². The summed E-state index contributed by atoms with van der Waals surface area (Å²) in [6, 6.07) is 7.00. The van der Waals surface area contributed by atoms with E-state index in [1.165, 1.54) is 0 Å². The lowest BCUT2D eigenvalue weighted by Gasteiger charge is -2.27. The average Bonchev–Trinajstić information content (AvgIpc) is 2.43. The third-order valence-electron chi connectivity index (χ3n) is 3.09. The first-order chi connectivity index (χ1) is 9.08. The Hall–Kier alpha value is -1.46. The van der Waals surface area contributed by atoms with Gasteiger partial charge in [-0.05, 0) is 18.1 Å². The summed E-state index contributed by atoms with van der Waals surface area (Å²) in [5.74, 6) is 1.41. The molecule has 1 unspecified atom stereocenters. The van der Waals surface area contributed by atoms with Gasteiger partial charge in [-0.25, -0.2) is 0 Å². The molecular weight excluding hydrogens is 280 g/mol. The first-order valence-corrected chi connectivity index (χ1v) is 6.49. The first-order valence-electron chi connectivity index (χ1n) is 6.49. The summed E-state index contributed by atoms with van der Waals surface area (Å²) in [5, 5.41) is 2.80. The van der Waals surface area contributed by atoms with Gasteiger partial charge in [-0.1, -0.05) is 26.0 Å². The number of nitrogens with one attached hydrogen (secondary N) is 1. The highest BCUT2D eigenvalue weighted by Crippen LogP contribution is 2.30. The minimum absolute atomic E-state index is 0. The molecule has 1 amide bonds. The van der Waals surface area contributed by atoms with Gasteiger partial charge >= 0.3 is 0 Å². The number of fused-ring (bicyclic) bond motifs is 1. The minimum Gasteiger partial charge on any atom is -0.486 e. The third kappa shape index (κ3) is 4.02. The number of benzene rings is 1. The lowest BCUT2D eigenvalue weighted by atomic mass is 10.1. The quantitative estimate of drug-likeness (QED) is 0.880. The van der Waals surface area contributed by atoms with Crippen molar-refractivity contribution < 1.29 is 14.3 Å². The zero-order valence-corrected chi connectivity index (χ0v) is 12.5. The Morgan fingerprint density at radius 1 is 1.40 bits per heavy atom. The molecule has 0 saturated heterocycles. The maximum absolute atomic E-state index is 11.7. The third-order valence-corrected chi connectivity index (χ3v) is 3.09. The van der Waals surface area contributed by atoms with Crippen LogP contribution in [0.15, 0.2) is 24.3 Å². The molecule has 1 heterocycles. The van der Waals surface area contributed by atoms with Crippen LogP contribution in [0.2, 0.25) is 0 Å². The fourth-order valence-corrected chi connectivity index (χ4v) is 1.80. The number of para-hydroxylation sites is 2. The highest BCUT2D eigenvalue weighted by Gasteiger charge is 2.23. The number of rotatable bonds is 4. The van der Waals surface area contributed by atoms with E-state index in [1.54, 1.807) is 0 Å². The molecule has 2 rings (SSSR count). The molecule has 0 radical (unpaired) electrons. The number of amides is 1. The van der Waals surface area contributed by atoms with E-state index in [4.69, 9.17) is 15.2 Å². The van der Waals surface area contributed by atoms with Crippen LogP contribution in [0.4, 0.5) is 0 Å². The van der Waals surface area contributed by atoms with Crippen LogP contribution in [0.25, 0.3) is 0 Å². The van der Waals surface area contributed by atoms with Crippen molar-refractivity contribution >= 4 is 18.3 Å². The van der Waals surface area contributed by atoms with Crippen LogP contribution >= 0.6 is 12.4 Å². The second-order valence-corrected chi connectivity index (χ2v) is 5.01. The van der Waals surface area contributed by atoms with Crippen LogP contribution in [-0.2, 0) is 4.79 Å². The van der Waals surface area contributed by atoms with Crippen LogP contribution in [0.1, 0.15) is 13.8 Å². The molecule has 5 nitrogen and oxygen atoms in total. The monoisotopic (exact) mass is 300 g/mol. The standard InChI is InChI=1S/C14H20N2O3.ClH/c1-9(2)13(15)14(17)16-7-10-8-18-11-5-3-4-6-12(11)19-10;/h3-6,9-10,13H,7-8,15H2,1-2H3,(H,16,17);1H/t10?,13-;/m1./s1. The van der Waals surface area contributed by atoms with Crippen molar-refractivity contribution in [2.45, 2.75) is 26.0 Å². The Balaban J connectivity index is 0.00000200. The molecular formula is C14H21ClN2O3. The lowest BCUT2D eigenvalue weighted by molar-refractivity contribution is -0.123. The molecule has 1 aromatic rings. The number of nitrogens with two attached hydrogens (primary N) is 1. The predicted octanol–water partition coefficient (Wildman–Crippen LogP) is 1.35. The minimum atomic E-state index is -0.489. The van der Waals surface area contributed by atoms with Gasteiger partial charge in [-0.15, -0.1) is 12.4 Å². The maximum atomic E-state index is 11.7. The van der Waals surface area contributed by atoms with Crippen LogP contribution in [0.3, 0.4) is 0 Å². The molecule has 0 bridgehead atoms. The molecule has 0 saturated carbocycles. The summed E-state index contributed by atoms with van der Waals surface area (Å²) in [6.45, 7) is 4.66. The lowest BCUT2D eigenvalue weighted by Crippen LogP contribution is -2.48. The van der Waals surface area contributed by atoms with E-state index in [0.717, 1.165) is 5.75 Å². The molecule has 3 N–H and O–H groups in total. The molecule has 0 aromatic heterocycles. The largest absolute Gasteiger partial charge is 0.486 e. The van der Waals surface area contributed by atoms with Crippen LogP contribution in [-0.4, -0.2) is 31.2 Å². The van der Waals surface area contributed by atoms with E-state index in [-0.39, 0.29) is 30.3 Å². The van der Waals surface area contributed by atoms with Crippen molar-refractivity contribution in [3.05, 3.63) is 24.3 Å². The van der Waals surface area contributed by atoms with Gasteiger partial charge in [-0.3, -0.25) is 4.79 Å². The first kappa shape index (κ1) is 16.6. The highest BCUT2D eigenvalue weighted by atomic mass is 35.5. The summed E-state index contributed by atoms with van der Waals surface area (Å²) in [4.78, 5) is 11.7. The van der Waals surface area contributed by atoms with E-state index in [9.17, 15) is 4.79 Å². The maximum Gasteiger partial charge on any atom is 0.237 e. The van der Waals surface area contributed by atoms with Crippen molar-refractivity contribution in [3.63, 3.8) is 0 Å². The molecule has 2 atom stereocenters. The Morgan fingerprint density at radius 3 is 2.70 bits per heavy atom. The van der Waals surface area contributed by atoms with Crippen LogP contribution < -0.4 is 20.5 Å². The van der Waals surface area contributed by atoms with Gasteiger partial charge in [0.1, 0.15) is 12.7 Å². The second-order valence-electron chi connectivity index (χ2n) is 5.01. The van der Waals surface area contributed by atoms with Gasteiger partial charge in [0.2, 0.25) is 5.91 Å². The van der Waals surface area contributed by atoms with E-state index < -0.39 is 6.04 Å². The Kier molecular flexibility index (Phi) is 6.10. The molecule has 1 aliphatic heterocycles. The molecule has 0 fully saturated rings. The topological polar surface area (TPSA) is 73.6 Å². The number of halogens is 1. The van der Waals surface area contributed by atoms with Crippen molar-refractivity contribution in [1.82, 2.24) is 5.32 Å². The number of hydrogen-bond acceptors (Lipinski definition) is 4. The molecule has 1 aromatic carbocycles.